The van der Waals surface area contributed by atoms with E-state index in [1.807, 2.05) is 12.1 Å². The van der Waals surface area contributed by atoms with Gasteiger partial charge in [0.1, 0.15) is 0 Å². The minimum Gasteiger partial charge on any atom is -0.351 e. The second-order valence-electron chi connectivity index (χ2n) is 4.26. The van der Waals surface area contributed by atoms with Crippen molar-refractivity contribution in [2.75, 3.05) is 19.6 Å². The Hall–Kier alpha value is -1.39. The molecule has 0 aromatic heterocycles. The maximum Gasteiger partial charge on any atom is 0.234 e. The van der Waals surface area contributed by atoms with Gasteiger partial charge < -0.3 is 11.1 Å². The summed E-state index contributed by atoms with van der Waals surface area (Å²) in [4.78, 5) is 13.5. The molecule has 0 radical (unpaired) electrons. The Morgan fingerprint density at radius 3 is 2.56 bits per heavy atom. The van der Waals surface area contributed by atoms with Crippen LogP contribution >= 0.6 is 0 Å². The monoisotopic (exact) mass is 249 g/mol. The summed E-state index contributed by atoms with van der Waals surface area (Å²) in [7, 11) is 0. The van der Waals surface area contributed by atoms with Gasteiger partial charge in [0.15, 0.2) is 0 Å². The van der Waals surface area contributed by atoms with Gasteiger partial charge in [0.05, 0.1) is 6.54 Å². The normalized spacial score (nSPS) is 10.7. The van der Waals surface area contributed by atoms with Gasteiger partial charge in [-0.25, -0.2) is 0 Å². The SMILES string of the molecule is CCN(CC)Cc1cccc(CNC(=O)CN)c1. The zero-order valence-corrected chi connectivity index (χ0v) is 11.3. The Balaban J connectivity index is 2.58. The van der Waals surface area contributed by atoms with Crippen molar-refractivity contribution >= 4 is 5.91 Å². The molecule has 0 heterocycles. The van der Waals surface area contributed by atoms with Crippen molar-refractivity contribution in [1.82, 2.24) is 10.2 Å². The summed E-state index contributed by atoms with van der Waals surface area (Å²) in [5.74, 6) is -0.121. The van der Waals surface area contributed by atoms with Gasteiger partial charge in [0.25, 0.3) is 0 Å². The highest BCUT2D eigenvalue weighted by atomic mass is 16.1. The number of hydrogen-bond donors (Lipinski definition) is 2. The fourth-order valence-electron chi connectivity index (χ4n) is 1.82. The Morgan fingerprint density at radius 2 is 1.94 bits per heavy atom. The Morgan fingerprint density at radius 1 is 1.28 bits per heavy atom. The first-order chi connectivity index (χ1) is 8.69. The lowest BCUT2D eigenvalue weighted by Crippen LogP contribution is -2.29. The van der Waals surface area contributed by atoms with E-state index in [-0.39, 0.29) is 12.5 Å². The van der Waals surface area contributed by atoms with E-state index in [9.17, 15) is 4.79 Å². The van der Waals surface area contributed by atoms with Crippen LogP contribution in [0.2, 0.25) is 0 Å². The lowest BCUT2D eigenvalue weighted by Gasteiger charge is -2.18. The summed E-state index contributed by atoms with van der Waals surface area (Å²) in [5, 5.41) is 2.78. The molecule has 1 aromatic rings. The van der Waals surface area contributed by atoms with E-state index in [4.69, 9.17) is 5.73 Å². The molecule has 0 aliphatic carbocycles. The molecule has 0 aliphatic rings. The maximum absolute atomic E-state index is 11.1. The van der Waals surface area contributed by atoms with Crippen LogP contribution in [0.25, 0.3) is 0 Å². The second kappa shape index (κ2) is 7.84. The van der Waals surface area contributed by atoms with Crippen LogP contribution < -0.4 is 11.1 Å². The zero-order chi connectivity index (χ0) is 13.4. The molecular formula is C14H23N3O. The van der Waals surface area contributed by atoms with Crippen LogP contribution in [0, 0.1) is 0 Å². The third kappa shape index (κ3) is 4.85. The van der Waals surface area contributed by atoms with Crippen molar-refractivity contribution in [3.63, 3.8) is 0 Å². The molecule has 100 valence electrons. The van der Waals surface area contributed by atoms with Crippen LogP contribution in [0.4, 0.5) is 0 Å². The molecule has 3 N–H and O–H groups in total. The van der Waals surface area contributed by atoms with Crippen molar-refractivity contribution < 1.29 is 4.79 Å². The van der Waals surface area contributed by atoms with Crippen LogP contribution in [-0.4, -0.2) is 30.4 Å². The van der Waals surface area contributed by atoms with Gasteiger partial charge in [0.2, 0.25) is 5.91 Å². The van der Waals surface area contributed by atoms with E-state index in [1.54, 1.807) is 0 Å². The second-order valence-corrected chi connectivity index (χ2v) is 4.26. The highest BCUT2D eigenvalue weighted by molar-refractivity contribution is 5.77. The van der Waals surface area contributed by atoms with Crippen LogP contribution in [0.15, 0.2) is 24.3 Å². The molecule has 1 rings (SSSR count). The molecule has 0 spiro atoms. The Labute approximate surface area is 109 Å². The average molecular weight is 249 g/mol. The molecule has 1 amide bonds. The molecule has 0 saturated carbocycles. The van der Waals surface area contributed by atoms with Gasteiger partial charge >= 0.3 is 0 Å². The van der Waals surface area contributed by atoms with Crippen LogP contribution in [0.1, 0.15) is 25.0 Å². The number of nitrogens with one attached hydrogen (secondary N) is 1. The highest BCUT2D eigenvalue weighted by Gasteiger charge is 2.03. The van der Waals surface area contributed by atoms with Crippen molar-refractivity contribution in [3.8, 4) is 0 Å². The molecule has 0 aliphatic heterocycles. The van der Waals surface area contributed by atoms with E-state index in [1.165, 1.54) is 5.56 Å². The summed E-state index contributed by atoms with van der Waals surface area (Å²) in [6.07, 6.45) is 0. The molecule has 0 bridgehead atoms. The van der Waals surface area contributed by atoms with Crippen molar-refractivity contribution in [2.45, 2.75) is 26.9 Å². The quantitative estimate of drug-likeness (QED) is 0.761. The van der Waals surface area contributed by atoms with Gasteiger partial charge in [-0.2, -0.15) is 0 Å². The number of nitrogens with two attached hydrogens (primary N) is 1. The largest absolute Gasteiger partial charge is 0.351 e. The zero-order valence-electron chi connectivity index (χ0n) is 11.3. The van der Waals surface area contributed by atoms with Crippen molar-refractivity contribution in [1.29, 1.82) is 0 Å². The number of hydrogen-bond acceptors (Lipinski definition) is 3. The molecule has 1 aromatic carbocycles. The number of nitrogens with zero attached hydrogens (tertiary/aromatic N) is 1. The molecule has 0 atom stereocenters. The van der Waals surface area contributed by atoms with Gasteiger partial charge in [-0.15, -0.1) is 0 Å². The van der Waals surface area contributed by atoms with E-state index >= 15 is 0 Å². The van der Waals surface area contributed by atoms with Gasteiger partial charge in [-0.3, -0.25) is 9.69 Å². The maximum atomic E-state index is 11.1. The first kappa shape index (κ1) is 14.7. The van der Waals surface area contributed by atoms with Crippen LogP contribution in [0.5, 0.6) is 0 Å². The number of carbonyl (C=O) groups excluding carboxylic acids is 1. The van der Waals surface area contributed by atoms with E-state index in [0.29, 0.717) is 6.54 Å². The predicted molar refractivity (Wildman–Crippen MR) is 74.0 cm³/mol. The summed E-state index contributed by atoms with van der Waals surface area (Å²) >= 11 is 0. The summed E-state index contributed by atoms with van der Waals surface area (Å²) < 4.78 is 0. The third-order valence-corrected chi connectivity index (χ3v) is 2.97. The molecule has 0 unspecified atom stereocenters. The Kier molecular flexibility index (Phi) is 6.39. The fourth-order valence-corrected chi connectivity index (χ4v) is 1.82. The van der Waals surface area contributed by atoms with E-state index in [0.717, 1.165) is 25.2 Å². The van der Waals surface area contributed by atoms with Crippen LogP contribution in [-0.2, 0) is 17.9 Å². The molecule has 0 fully saturated rings. The lowest BCUT2D eigenvalue weighted by molar-refractivity contribution is -0.119. The smallest absolute Gasteiger partial charge is 0.234 e. The number of carbonyl (C=O) groups is 1. The summed E-state index contributed by atoms with van der Waals surface area (Å²) in [6, 6.07) is 8.30. The molecule has 0 saturated heterocycles. The van der Waals surface area contributed by atoms with Crippen molar-refractivity contribution in [3.05, 3.63) is 35.4 Å². The van der Waals surface area contributed by atoms with Gasteiger partial charge in [-0.1, -0.05) is 38.1 Å². The summed E-state index contributed by atoms with van der Waals surface area (Å²) in [6.45, 7) is 7.95. The first-order valence-corrected chi connectivity index (χ1v) is 6.46. The number of amides is 1. The molecule has 4 nitrogen and oxygen atoms in total. The fraction of sp³-hybridized carbons (Fsp3) is 0.500. The van der Waals surface area contributed by atoms with Crippen molar-refractivity contribution in [2.24, 2.45) is 5.73 Å². The van der Waals surface area contributed by atoms with E-state index in [2.05, 4.69) is 36.2 Å². The standard InChI is InChI=1S/C14H23N3O/c1-3-17(4-2)11-13-7-5-6-12(8-13)10-16-14(18)9-15/h5-8H,3-4,9-11,15H2,1-2H3,(H,16,18). The number of rotatable bonds is 7. The molecule has 4 heteroatoms. The molecular weight excluding hydrogens is 226 g/mol. The van der Waals surface area contributed by atoms with Crippen LogP contribution in [0.3, 0.4) is 0 Å². The molecule has 18 heavy (non-hydrogen) atoms. The number of benzene rings is 1. The topological polar surface area (TPSA) is 58.4 Å². The first-order valence-electron chi connectivity index (χ1n) is 6.46. The third-order valence-electron chi connectivity index (χ3n) is 2.97. The average Bonchev–Trinajstić information content (AvgIpc) is 2.42. The highest BCUT2D eigenvalue weighted by Crippen LogP contribution is 2.08. The predicted octanol–water partition coefficient (Wildman–Crippen LogP) is 1.10. The minimum absolute atomic E-state index is 0.0408. The Bertz CT molecular complexity index is 375. The van der Waals surface area contributed by atoms with E-state index < -0.39 is 0 Å². The minimum atomic E-state index is -0.121. The lowest BCUT2D eigenvalue weighted by atomic mass is 10.1. The summed E-state index contributed by atoms with van der Waals surface area (Å²) in [5.41, 5.74) is 7.64. The van der Waals surface area contributed by atoms with Gasteiger partial charge in [-0.05, 0) is 24.2 Å². The van der Waals surface area contributed by atoms with Gasteiger partial charge in [0, 0.05) is 13.1 Å².